The van der Waals surface area contributed by atoms with Crippen LogP contribution in [0.3, 0.4) is 0 Å². The average molecular weight is 571 g/mol. The number of nitrogens with one attached hydrogen (secondary N) is 1. The van der Waals surface area contributed by atoms with E-state index in [0.29, 0.717) is 62.9 Å². The van der Waals surface area contributed by atoms with E-state index in [1.165, 1.54) is 0 Å². The van der Waals surface area contributed by atoms with Crippen molar-refractivity contribution < 1.29 is 28.6 Å². The van der Waals surface area contributed by atoms with Gasteiger partial charge in [-0.2, -0.15) is 0 Å². The second-order valence-corrected chi connectivity index (χ2v) is 12.5. The second kappa shape index (κ2) is 12.7. The third kappa shape index (κ3) is 6.70. The lowest BCUT2D eigenvalue weighted by Crippen LogP contribution is -2.54. The number of amides is 3. The van der Waals surface area contributed by atoms with E-state index in [4.69, 9.17) is 14.2 Å². The number of anilines is 2. The molecular weight excluding hydrogens is 524 g/mol. The van der Waals surface area contributed by atoms with E-state index in [2.05, 4.69) is 5.32 Å². The van der Waals surface area contributed by atoms with Crippen molar-refractivity contribution in [3.63, 3.8) is 0 Å². The number of carbonyl (C=O) groups is 3. The van der Waals surface area contributed by atoms with E-state index in [-0.39, 0.29) is 35.7 Å². The maximum Gasteiger partial charge on any atom is 0.270 e. The van der Waals surface area contributed by atoms with Crippen LogP contribution in [-0.2, 0) is 23.9 Å². The molecular formula is C31H46N4O6. The van der Waals surface area contributed by atoms with Gasteiger partial charge in [-0.3, -0.25) is 14.4 Å². The molecule has 0 unspecified atom stereocenters. The minimum atomic E-state index is -0.968. The van der Waals surface area contributed by atoms with Gasteiger partial charge in [0.15, 0.2) is 5.60 Å². The van der Waals surface area contributed by atoms with Gasteiger partial charge in [-0.05, 0) is 76.5 Å². The van der Waals surface area contributed by atoms with Crippen LogP contribution < -0.4 is 19.9 Å². The highest BCUT2D eigenvalue weighted by atomic mass is 16.5. The maximum absolute atomic E-state index is 14.1. The zero-order valence-electron chi connectivity index (χ0n) is 25.0. The first-order chi connectivity index (χ1) is 19.7. The Morgan fingerprint density at radius 1 is 1.12 bits per heavy atom. The molecule has 1 N–H and O–H groups in total. The van der Waals surface area contributed by atoms with Crippen LogP contribution in [0.15, 0.2) is 18.2 Å². The lowest BCUT2D eigenvalue weighted by molar-refractivity contribution is -0.135. The first kappa shape index (κ1) is 29.8. The van der Waals surface area contributed by atoms with Crippen LogP contribution in [0, 0.1) is 11.8 Å². The van der Waals surface area contributed by atoms with Crippen molar-refractivity contribution in [3.8, 4) is 5.75 Å². The molecule has 41 heavy (non-hydrogen) atoms. The Bertz CT molecular complexity index is 1120. The highest BCUT2D eigenvalue weighted by Crippen LogP contribution is 2.43. The van der Waals surface area contributed by atoms with E-state index in [1.807, 2.05) is 35.0 Å². The predicted molar refractivity (Wildman–Crippen MR) is 156 cm³/mol. The van der Waals surface area contributed by atoms with Gasteiger partial charge in [-0.15, -0.1) is 0 Å². The van der Waals surface area contributed by atoms with Gasteiger partial charge in [-0.25, -0.2) is 0 Å². The largest absolute Gasteiger partial charge is 0.476 e. The van der Waals surface area contributed by atoms with Crippen LogP contribution in [0.1, 0.15) is 58.8 Å². The van der Waals surface area contributed by atoms with Crippen LogP contribution in [0.25, 0.3) is 0 Å². The van der Waals surface area contributed by atoms with Crippen molar-refractivity contribution in [1.29, 1.82) is 0 Å². The fraction of sp³-hybridized carbons (Fsp3) is 0.710. The zero-order chi connectivity index (χ0) is 29.1. The summed E-state index contributed by atoms with van der Waals surface area (Å²) in [5.74, 6) is 0.894. The first-order valence-electron chi connectivity index (χ1n) is 15.2. The number of methoxy groups -OCH3 is 1. The molecule has 1 aromatic rings. The van der Waals surface area contributed by atoms with E-state index < -0.39 is 5.60 Å². The molecule has 3 fully saturated rings. The van der Waals surface area contributed by atoms with Crippen molar-refractivity contribution >= 4 is 29.1 Å². The Kier molecular flexibility index (Phi) is 9.21. The van der Waals surface area contributed by atoms with Crippen LogP contribution in [-0.4, -0.2) is 93.9 Å². The zero-order valence-corrected chi connectivity index (χ0v) is 25.0. The van der Waals surface area contributed by atoms with E-state index in [1.54, 1.807) is 25.9 Å². The Hall–Kier alpha value is -2.69. The van der Waals surface area contributed by atoms with Crippen molar-refractivity contribution in [2.45, 2.75) is 76.5 Å². The summed E-state index contributed by atoms with van der Waals surface area (Å²) in [5, 5.41) is 3.43. The monoisotopic (exact) mass is 570 g/mol. The summed E-state index contributed by atoms with van der Waals surface area (Å²) in [4.78, 5) is 46.1. The molecule has 226 valence electrons. The maximum atomic E-state index is 14.1. The number of likely N-dealkylation sites (N-methyl/N-ethyl adjacent to an activating group) is 1. The minimum absolute atomic E-state index is 0.0286. The number of ether oxygens (including phenoxy) is 3. The second-order valence-electron chi connectivity index (χ2n) is 12.5. The Morgan fingerprint density at radius 2 is 1.88 bits per heavy atom. The molecule has 0 bridgehead atoms. The number of piperidine rings is 1. The minimum Gasteiger partial charge on any atom is -0.476 e. The molecule has 5 rings (SSSR count). The molecule has 3 heterocycles. The summed E-state index contributed by atoms with van der Waals surface area (Å²) in [6.45, 7) is 7.36. The summed E-state index contributed by atoms with van der Waals surface area (Å²) in [6.07, 6.45) is 5.64. The summed E-state index contributed by atoms with van der Waals surface area (Å²) in [5.41, 5.74) is 0.513. The van der Waals surface area contributed by atoms with Gasteiger partial charge in [0.05, 0.1) is 11.6 Å². The van der Waals surface area contributed by atoms with Gasteiger partial charge >= 0.3 is 0 Å². The Labute approximate surface area is 243 Å². The van der Waals surface area contributed by atoms with Gasteiger partial charge in [0.2, 0.25) is 11.8 Å². The van der Waals surface area contributed by atoms with Crippen molar-refractivity contribution in [2.24, 2.45) is 11.8 Å². The van der Waals surface area contributed by atoms with Gasteiger partial charge in [0.1, 0.15) is 5.75 Å². The van der Waals surface area contributed by atoms with Crippen LogP contribution >= 0.6 is 0 Å². The molecule has 1 saturated carbocycles. The molecule has 2 atom stereocenters. The van der Waals surface area contributed by atoms with Crippen LogP contribution in [0.2, 0.25) is 0 Å². The fourth-order valence-corrected chi connectivity index (χ4v) is 6.29. The number of hydrogen-bond acceptors (Lipinski definition) is 7. The number of hydrogen-bond donors (Lipinski definition) is 1. The number of rotatable bonds is 10. The molecule has 0 radical (unpaired) electrons. The SMILES string of the molecule is COCCCN1C(=O)C(C)(C)Oc2ccc(N(C(=O)[C@H]3CNC[C@@H](N(C)C(=O)CC4CCOCC4)C3)C3CC3)cc21. The molecule has 0 aromatic heterocycles. The van der Waals surface area contributed by atoms with E-state index in [9.17, 15) is 14.4 Å². The fourth-order valence-electron chi connectivity index (χ4n) is 6.29. The molecule has 1 aromatic carbocycles. The van der Waals surface area contributed by atoms with Gasteiger partial charge in [0, 0.05) is 77.8 Å². The summed E-state index contributed by atoms with van der Waals surface area (Å²) >= 11 is 0. The molecule has 10 heteroatoms. The molecule has 1 aliphatic carbocycles. The molecule has 4 aliphatic rings. The van der Waals surface area contributed by atoms with Crippen molar-refractivity contribution in [1.82, 2.24) is 10.2 Å². The van der Waals surface area contributed by atoms with Crippen LogP contribution in [0.4, 0.5) is 11.4 Å². The molecule has 3 aliphatic heterocycles. The standard InChI is InChI=1S/C31H46N4O6/c1-31(2)30(38)34(12-5-13-39-4)26-18-24(8-9-27(26)41-31)35(23-6-7-23)29(37)22-17-25(20-32-19-22)33(3)28(36)16-21-10-14-40-15-11-21/h8-9,18,21-23,25,32H,5-7,10-17,19-20H2,1-4H3/t22-,25+/m1/s1. The Balaban J connectivity index is 1.31. The predicted octanol–water partition coefficient (Wildman–Crippen LogP) is 2.98. The van der Waals surface area contributed by atoms with Gasteiger partial charge in [-0.1, -0.05) is 0 Å². The average Bonchev–Trinajstić information content (AvgIpc) is 3.81. The van der Waals surface area contributed by atoms with Crippen LogP contribution in [0.5, 0.6) is 5.75 Å². The third-order valence-corrected chi connectivity index (χ3v) is 8.94. The molecule has 0 spiro atoms. The lowest BCUT2D eigenvalue weighted by atomic mass is 9.91. The van der Waals surface area contributed by atoms with Crippen molar-refractivity contribution in [2.75, 3.05) is 63.4 Å². The number of nitrogens with zero attached hydrogens (tertiary/aromatic N) is 3. The third-order valence-electron chi connectivity index (χ3n) is 8.94. The summed E-state index contributed by atoms with van der Waals surface area (Å²) < 4.78 is 16.8. The Morgan fingerprint density at radius 3 is 2.59 bits per heavy atom. The molecule has 3 amide bonds. The normalized spacial score (nSPS) is 24.4. The number of benzene rings is 1. The molecule has 2 saturated heterocycles. The topological polar surface area (TPSA) is 101 Å². The summed E-state index contributed by atoms with van der Waals surface area (Å²) in [7, 11) is 3.53. The summed E-state index contributed by atoms with van der Waals surface area (Å²) in [6, 6.07) is 5.87. The highest BCUT2D eigenvalue weighted by molar-refractivity contribution is 6.04. The smallest absolute Gasteiger partial charge is 0.270 e. The van der Waals surface area contributed by atoms with E-state index >= 15 is 0 Å². The van der Waals surface area contributed by atoms with Crippen molar-refractivity contribution in [3.05, 3.63) is 18.2 Å². The number of carbonyl (C=O) groups excluding carboxylic acids is 3. The molecule has 10 nitrogen and oxygen atoms in total. The first-order valence-corrected chi connectivity index (χ1v) is 15.2. The number of fused-ring (bicyclic) bond motifs is 1. The lowest BCUT2D eigenvalue weighted by Gasteiger charge is -2.40. The van der Waals surface area contributed by atoms with E-state index in [0.717, 1.165) is 44.6 Å². The van der Waals surface area contributed by atoms with Gasteiger partial charge < -0.3 is 34.2 Å². The quantitative estimate of drug-likeness (QED) is 0.432. The highest BCUT2D eigenvalue weighted by Gasteiger charge is 2.43. The van der Waals surface area contributed by atoms with Gasteiger partial charge in [0.25, 0.3) is 5.91 Å².